The van der Waals surface area contributed by atoms with Crippen molar-refractivity contribution < 1.29 is 4.74 Å². The lowest BCUT2D eigenvalue weighted by Crippen LogP contribution is -2.24. The Morgan fingerprint density at radius 3 is 2.45 bits per heavy atom. The highest BCUT2D eigenvalue weighted by Gasteiger charge is 2.14. The van der Waals surface area contributed by atoms with Crippen LogP contribution in [0.5, 0.6) is 0 Å². The second kappa shape index (κ2) is 4.83. The summed E-state index contributed by atoms with van der Waals surface area (Å²) >= 11 is 4.09. The van der Waals surface area contributed by atoms with Gasteiger partial charge in [-0.05, 0) is 25.8 Å². The first-order valence-electron chi connectivity index (χ1n) is 3.93. The smallest absolute Gasteiger partial charge is 0.0689 e. The van der Waals surface area contributed by atoms with Gasteiger partial charge in [-0.1, -0.05) is 13.5 Å². The molecular formula is C9H18OS. The lowest BCUT2D eigenvalue weighted by Gasteiger charge is -2.23. The molecule has 66 valence electrons. The van der Waals surface area contributed by atoms with Crippen LogP contribution < -0.4 is 0 Å². The van der Waals surface area contributed by atoms with Crippen molar-refractivity contribution in [3.8, 4) is 0 Å². The van der Waals surface area contributed by atoms with Gasteiger partial charge in [0.2, 0.25) is 0 Å². The number of hydrogen-bond acceptors (Lipinski definition) is 2. The molecule has 0 aliphatic carbocycles. The summed E-state index contributed by atoms with van der Waals surface area (Å²) in [5, 5.41) is 0. The standard InChI is InChI=1S/C9H18OS/c1-5-9(3,4)10-6-8(2)7-11/h11H,2,5-7H2,1,3-4H3. The fourth-order valence-corrected chi connectivity index (χ4v) is 0.536. The third-order valence-corrected chi connectivity index (χ3v) is 2.19. The third kappa shape index (κ3) is 5.33. The predicted octanol–water partition coefficient (Wildman–Crippen LogP) is 2.68. The molecule has 0 fully saturated rings. The van der Waals surface area contributed by atoms with Crippen LogP contribution >= 0.6 is 12.6 Å². The van der Waals surface area contributed by atoms with Crippen LogP contribution in [-0.4, -0.2) is 18.0 Å². The normalized spacial score (nSPS) is 11.6. The highest BCUT2D eigenvalue weighted by molar-refractivity contribution is 7.80. The van der Waals surface area contributed by atoms with Crippen LogP contribution in [0.2, 0.25) is 0 Å². The van der Waals surface area contributed by atoms with Gasteiger partial charge in [0.05, 0.1) is 12.2 Å². The van der Waals surface area contributed by atoms with Crippen molar-refractivity contribution in [2.45, 2.75) is 32.8 Å². The van der Waals surface area contributed by atoms with E-state index in [4.69, 9.17) is 4.74 Å². The van der Waals surface area contributed by atoms with Crippen LogP contribution in [0.4, 0.5) is 0 Å². The minimum atomic E-state index is -0.0219. The first-order valence-corrected chi connectivity index (χ1v) is 4.56. The fraction of sp³-hybridized carbons (Fsp3) is 0.778. The van der Waals surface area contributed by atoms with E-state index < -0.39 is 0 Å². The second-order valence-corrected chi connectivity index (χ2v) is 3.63. The summed E-state index contributed by atoms with van der Waals surface area (Å²) in [6.07, 6.45) is 1.02. The minimum absolute atomic E-state index is 0.0219. The van der Waals surface area contributed by atoms with E-state index in [0.29, 0.717) is 12.4 Å². The molecule has 0 saturated heterocycles. The molecular weight excluding hydrogens is 156 g/mol. The van der Waals surface area contributed by atoms with Crippen molar-refractivity contribution in [2.24, 2.45) is 0 Å². The molecule has 0 aliphatic rings. The topological polar surface area (TPSA) is 9.23 Å². The Kier molecular flexibility index (Phi) is 4.86. The second-order valence-electron chi connectivity index (χ2n) is 3.31. The highest BCUT2D eigenvalue weighted by Crippen LogP contribution is 2.14. The van der Waals surface area contributed by atoms with E-state index in [9.17, 15) is 0 Å². The van der Waals surface area contributed by atoms with Crippen LogP contribution in [0.25, 0.3) is 0 Å². The number of rotatable bonds is 5. The average Bonchev–Trinajstić information content (AvgIpc) is 2.00. The number of hydrogen-bond donors (Lipinski definition) is 1. The molecule has 1 nitrogen and oxygen atoms in total. The molecule has 0 N–H and O–H groups in total. The van der Waals surface area contributed by atoms with Gasteiger partial charge in [0.1, 0.15) is 0 Å². The molecule has 0 spiro atoms. The zero-order valence-electron chi connectivity index (χ0n) is 7.68. The summed E-state index contributed by atoms with van der Waals surface area (Å²) < 4.78 is 5.58. The maximum Gasteiger partial charge on any atom is 0.0689 e. The summed E-state index contributed by atoms with van der Waals surface area (Å²) in [6.45, 7) is 10.7. The Balaban J connectivity index is 3.61. The quantitative estimate of drug-likeness (QED) is 0.498. The maximum atomic E-state index is 5.58. The molecule has 0 unspecified atom stereocenters. The molecule has 0 atom stereocenters. The molecule has 0 aromatic heterocycles. The van der Waals surface area contributed by atoms with Gasteiger partial charge < -0.3 is 4.74 Å². The van der Waals surface area contributed by atoms with E-state index in [2.05, 4.69) is 40.0 Å². The van der Waals surface area contributed by atoms with E-state index in [1.54, 1.807) is 0 Å². The summed E-state index contributed by atoms with van der Waals surface area (Å²) in [4.78, 5) is 0. The van der Waals surface area contributed by atoms with Gasteiger partial charge in [0.25, 0.3) is 0 Å². The molecule has 0 rings (SSSR count). The predicted molar refractivity (Wildman–Crippen MR) is 53.3 cm³/mol. The van der Waals surface area contributed by atoms with E-state index >= 15 is 0 Å². The third-order valence-electron chi connectivity index (χ3n) is 1.74. The summed E-state index contributed by atoms with van der Waals surface area (Å²) in [5.74, 6) is 0.708. The van der Waals surface area contributed by atoms with Gasteiger partial charge in [-0.15, -0.1) is 0 Å². The maximum absolute atomic E-state index is 5.58. The molecule has 0 aromatic rings. The van der Waals surface area contributed by atoms with Crippen molar-refractivity contribution in [3.63, 3.8) is 0 Å². The Morgan fingerprint density at radius 1 is 1.55 bits per heavy atom. The van der Waals surface area contributed by atoms with Gasteiger partial charge in [-0.3, -0.25) is 0 Å². The lowest BCUT2D eigenvalue weighted by molar-refractivity contribution is -0.00667. The first kappa shape index (κ1) is 11.1. The zero-order chi connectivity index (χ0) is 8.91. The van der Waals surface area contributed by atoms with Crippen molar-refractivity contribution in [3.05, 3.63) is 12.2 Å². The molecule has 0 bridgehead atoms. The molecule has 11 heavy (non-hydrogen) atoms. The first-order chi connectivity index (χ1) is 5.02. The molecule has 0 amide bonds. The number of thiol groups is 1. The molecule has 2 heteroatoms. The van der Waals surface area contributed by atoms with E-state index in [-0.39, 0.29) is 5.60 Å². The van der Waals surface area contributed by atoms with Crippen LogP contribution in [0.15, 0.2) is 12.2 Å². The molecule has 0 aliphatic heterocycles. The molecule has 0 radical (unpaired) electrons. The van der Waals surface area contributed by atoms with Crippen LogP contribution in [0.3, 0.4) is 0 Å². The monoisotopic (exact) mass is 174 g/mol. The number of ether oxygens (including phenoxy) is 1. The van der Waals surface area contributed by atoms with Gasteiger partial charge in [-0.2, -0.15) is 12.6 Å². The van der Waals surface area contributed by atoms with Crippen molar-refractivity contribution in [1.82, 2.24) is 0 Å². The fourth-order valence-electron chi connectivity index (χ4n) is 0.445. The van der Waals surface area contributed by atoms with Crippen molar-refractivity contribution in [2.75, 3.05) is 12.4 Å². The van der Waals surface area contributed by atoms with Gasteiger partial charge in [-0.25, -0.2) is 0 Å². The van der Waals surface area contributed by atoms with E-state index in [0.717, 1.165) is 12.0 Å². The Hall–Kier alpha value is 0.0500. The SMILES string of the molecule is C=C(CS)COC(C)(C)CC. The Morgan fingerprint density at radius 2 is 2.09 bits per heavy atom. The van der Waals surface area contributed by atoms with Crippen LogP contribution in [-0.2, 0) is 4.74 Å². The van der Waals surface area contributed by atoms with E-state index in [1.807, 2.05) is 0 Å². The minimum Gasteiger partial charge on any atom is -0.371 e. The zero-order valence-corrected chi connectivity index (χ0v) is 8.58. The van der Waals surface area contributed by atoms with Gasteiger partial charge >= 0.3 is 0 Å². The molecule has 0 heterocycles. The highest BCUT2D eigenvalue weighted by atomic mass is 32.1. The average molecular weight is 174 g/mol. The lowest BCUT2D eigenvalue weighted by atomic mass is 10.1. The Bertz CT molecular complexity index is 130. The van der Waals surface area contributed by atoms with Gasteiger partial charge in [0, 0.05) is 5.75 Å². The Labute approximate surface area is 75.2 Å². The van der Waals surface area contributed by atoms with Crippen molar-refractivity contribution >= 4 is 12.6 Å². The molecule has 0 saturated carbocycles. The summed E-state index contributed by atoms with van der Waals surface area (Å²) in [7, 11) is 0. The summed E-state index contributed by atoms with van der Waals surface area (Å²) in [6, 6.07) is 0. The molecule has 0 aromatic carbocycles. The van der Waals surface area contributed by atoms with E-state index in [1.165, 1.54) is 0 Å². The van der Waals surface area contributed by atoms with Crippen LogP contribution in [0.1, 0.15) is 27.2 Å². The van der Waals surface area contributed by atoms with Crippen molar-refractivity contribution in [1.29, 1.82) is 0 Å². The summed E-state index contributed by atoms with van der Waals surface area (Å²) in [5.41, 5.74) is 1.01. The largest absolute Gasteiger partial charge is 0.371 e. The van der Waals surface area contributed by atoms with Gasteiger partial charge in [0.15, 0.2) is 0 Å². The van der Waals surface area contributed by atoms with Crippen LogP contribution in [0, 0.1) is 0 Å².